The molecule has 0 aromatic heterocycles. The summed E-state index contributed by atoms with van der Waals surface area (Å²) in [5, 5.41) is 22.1. The van der Waals surface area contributed by atoms with Crippen LogP contribution >= 0.6 is 0 Å². The van der Waals surface area contributed by atoms with Gasteiger partial charge in [-0.15, -0.1) is 0 Å². The first-order valence-corrected chi connectivity index (χ1v) is 32.8. The van der Waals surface area contributed by atoms with Gasteiger partial charge in [-0.05, 0) is 162 Å². The molecule has 2 atom stereocenters. The molecule has 18 rings (SSSR count). The van der Waals surface area contributed by atoms with Crippen LogP contribution in [0.2, 0.25) is 0 Å². The molecule has 2 aliphatic heterocycles. The van der Waals surface area contributed by atoms with Crippen LogP contribution in [0, 0.1) is 0 Å². The van der Waals surface area contributed by atoms with Crippen LogP contribution in [0.25, 0.3) is 120 Å². The van der Waals surface area contributed by atoms with E-state index in [0.717, 1.165) is 78.4 Å². The maximum Gasteiger partial charge on any atom is 0.159 e. The predicted octanol–water partition coefficient (Wildman–Crippen LogP) is 21.9. The summed E-state index contributed by atoms with van der Waals surface area (Å²) >= 11 is 0. The van der Waals surface area contributed by atoms with Crippen molar-refractivity contribution in [2.24, 2.45) is 20.0 Å². The summed E-state index contributed by atoms with van der Waals surface area (Å²) in [5.41, 5.74) is 17.6. The number of nitrogens with one attached hydrogen (secondary N) is 2. The first-order chi connectivity index (χ1) is 47.5. The monoisotopic (exact) mass is 1220 g/mol. The number of rotatable bonds is 11. The number of amidine groups is 4. The second-order valence-electron chi connectivity index (χ2n) is 24.9. The highest BCUT2D eigenvalue weighted by Gasteiger charge is 2.25. The zero-order valence-electron chi connectivity index (χ0n) is 52.3. The average Bonchev–Trinajstić information content (AvgIpc) is 0.753. The lowest BCUT2D eigenvalue weighted by Crippen LogP contribution is -2.33. The third-order valence-corrected chi connectivity index (χ3v) is 19.2. The van der Waals surface area contributed by atoms with E-state index in [1.54, 1.807) is 0 Å². The Hall–Kier alpha value is -12.6. The molecule has 0 fully saturated rings. The van der Waals surface area contributed by atoms with E-state index in [1.165, 1.54) is 86.9 Å². The van der Waals surface area contributed by atoms with Crippen LogP contribution in [-0.2, 0) is 0 Å². The van der Waals surface area contributed by atoms with E-state index in [9.17, 15) is 0 Å². The Balaban J connectivity index is 0.614. The van der Waals surface area contributed by atoms with Gasteiger partial charge in [0.2, 0.25) is 0 Å². The Morgan fingerprint density at radius 3 is 0.885 bits per heavy atom. The molecule has 0 saturated heterocycles. The van der Waals surface area contributed by atoms with Crippen molar-refractivity contribution >= 4 is 88.0 Å². The Labute approximate surface area is 556 Å². The smallest absolute Gasteiger partial charge is 0.159 e. The van der Waals surface area contributed by atoms with Gasteiger partial charge >= 0.3 is 0 Å². The van der Waals surface area contributed by atoms with Gasteiger partial charge in [-0.3, -0.25) is 0 Å². The molecule has 6 heteroatoms. The molecule has 2 N–H and O–H groups in total. The van der Waals surface area contributed by atoms with Gasteiger partial charge in [0, 0.05) is 22.3 Å². The van der Waals surface area contributed by atoms with Gasteiger partial charge in [0.15, 0.2) is 11.7 Å². The van der Waals surface area contributed by atoms with E-state index in [0.29, 0.717) is 11.7 Å². The van der Waals surface area contributed by atoms with Crippen LogP contribution in [0.3, 0.4) is 0 Å². The van der Waals surface area contributed by atoms with E-state index < -0.39 is 0 Å². The lowest BCUT2D eigenvalue weighted by Gasteiger charge is -2.24. The van der Waals surface area contributed by atoms with E-state index in [4.69, 9.17) is 20.0 Å². The molecule has 0 radical (unpaired) electrons. The molecule has 0 spiro atoms. The van der Waals surface area contributed by atoms with Crippen molar-refractivity contribution in [3.05, 3.63) is 373 Å². The quantitative estimate of drug-likeness (QED) is 0.127. The minimum Gasteiger partial charge on any atom is -0.344 e. The largest absolute Gasteiger partial charge is 0.344 e. The van der Waals surface area contributed by atoms with Gasteiger partial charge in [-0.1, -0.05) is 309 Å². The zero-order valence-corrected chi connectivity index (χ0v) is 52.3. The molecule has 16 aromatic rings. The van der Waals surface area contributed by atoms with E-state index in [2.05, 4.69) is 320 Å². The van der Waals surface area contributed by atoms with Gasteiger partial charge in [-0.25, -0.2) is 20.0 Å². The number of nitrogens with zero attached hydrogens (tertiary/aromatic N) is 4. The van der Waals surface area contributed by atoms with E-state index >= 15 is 0 Å². The molecule has 0 bridgehead atoms. The maximum absolute atomic E-state index is 5.30. The third kappa shape index (κ3) is 10.3. The Morgan fingerprint density at radius 1 is 0.177 bits per heavy atom. The third-order valence-electron chi connectivity index (χ3n) is 19.2. The summed E-state index contributed by atoms with van der Waals surface area (Å²) in [6.45, 7) is 0. The van der Waals surface area contributed by atoms with Crippen molar-refractivity contribution in [1.29, 1.82) is 0 Å². The highest BCUT2D eigenvalue weighted by atomic mass is 15.2. The lowest BCUT2D eigenvalue weighted by molar-refractivity contribution is 0.674. The summed E-state index contributed by atoms with van der Waals surface area (Å²) in [5.74, 6) is 2.97. The van der Waals surface area contributed by atoms with Crippen molar-refractivity contribution in [3.8, 4) is 55.6 Å². The highest BCUT2D eigenvalue weighted by molar-refractivity contribution is 6.28. The van der Waals surface area contributed by atoms with Crippen molar-refractivity contribution < 1.29 is 0 Å². The molecule has 96 heavy (non-hydrogen) atoms. The van der Waals surface area contributed by atoms with Crippen molar-refractivity contribution in [2.75, 3.05) is 0 Å². The number of hydrogen-bond donors (Lipinski definition) is 2. The van der Waals surface area contributed by atoms with Crippen molar-refractivity contribution in [2.45, 2.75) is 12.3 Å². The van der Waals surface area contributed by atoms with Gasteiger partial charge in [-0.2, -0.15) is 0 Å². The molecule has 0 aliphatic carbocycles. The summed E-state index contributed by atoms with van der Waals surface area (Å²) in [6.07, 6.45) is -0.640. The fraction of sp³-hybridized carbons (Fsp3) is 0.0222. The first-order valence-electron chi connectivity index (χ1n) is 32.8. The van der Waals surface area contributed by atoms with Crippen LogP contribution in [0.4, 0.5) is 0 Å². The first kappa shape index (κ1) is 56.1. The second-order valence-corrected chi connectivity index (χ2v) is 24.9. The fourth-order valence-corrected chi connectivity index (χ4v) is 14.3. The summed E-state index contributed by atoms with van der Waals surface area (Å²) in [7, 11) is 0. The Kier molecular flexibility index (Phi) is 13.9. The fourth-order valence-electron chi connectivity index (χ4n) is 14.3. The Bertz CT molecular complexity index is 5800. The van der Waals surface area contributed by atoms with Crippen molar-refractivity contribution in [1.82, 2.24) is 10.6 Å². The average molecular weight is 1230 g/mol. The van der Waals surface area contributed by atoms with Crippen LogP contribution < -0.4 is 10.6 Å². The molecule has 16 aromatic carbocycles. The molecule has 2 heterocycles. The van der Waals surface area contributed by atoms with E-state index in [1.807, 2.05) is 30.3 Å². The minimum atomic E-state index is -0.320. The molecule has 450 valence electrons. The van der Waals surface area contributed by atoms with Crippen LogP contribution in [0.1, 0.15) is 45.7 Å². The highest BCUT2D eigenvalue weighted by Crippen LogP contribution is 2.41. The standard InChI is InChI=1S/C90H60N6/c1-4-18-57(19-5-1)58-42-44-65(45-43-58)87-91-85(63-20-6-2-7-21-63)92-88(95-87)71-27-17-25-67(53-71)69-47-50-81-80-49-46-68(54-82(80)77-32-14-15-33-78(77)83(81)55-69)62-40-36-60(37-41-62)59-34-38-61(39-35-59)66-24-16-26-70(52-66)89-93-86(64-22-8-3-9-23-64)94-90(96-89)72-48-51-79-75-30-11-10-28-73(75)74-29-12-13-31-76(74)84(79)56-72/h1-56,86-87H,(H,91,92,95)(H,93,94,96). The number of aliphatic imine (C=N–C) groups is 4. The summed E-state index contributed by atoms with van der Waals surface area (Å²) < 4.78 is 0. The SMILES string of the molecule is c1ccc(C2=NC(c3cccc(-c4ccc5c6ccc(-c7ccc(-c8ccc(-c9cccc(C%10=NC(c%11ccccc%11)NC(c%11ccc%12c%13ccccc%13c%13ccccc%13c%12c%11)=N%10)c9)cc8)cc7)cc6c6ccccc6c5c4)c3)=NC(c3ccc(-c4ccccc4)cc3)N2)cc1. The summed E-state index contributed by atoms with van der Waals surface area (Å²) in [4.78, 5) is 21.0. The van der Waals surface area contributed by atoms with Gasteiger partial charge in [0.1, 0.15) is 24.0 Å². The van der Waals surface area contributed by atoms with Gasteiger partial charge in [0.05, 0.1) is 0 Å². The summed E-state index contributed by atoms with van der Waals surface area (Å²) in [6, 6.07) is 122. The maximum atomic E-state index is 5.30. The number of fused-ring (bicyclic) bond motifs is 12. The molecule has 0 amide bonds. The normalized spacial score (nSPS) is 14.7. The molecular formula is C90H60N6. The van der Waals surface area contributed by atoms with Crippen LogP contribution in [0.15, 0.2) is 360 Å². The van der Waals surface area contributed by atoms with E-state index in [-0.39, 0.29) is 12.3 Å². The predicted molar refractivity (Wildman–Crippen MR) is 402 cm³/mol. The minimum absolute atomic E-state index is 0.320. The van der Waals surface area contributed by atoms with Crippen LogP contribution in [0.5, 0.6) is 0 Å². The number of hydrogen-bond acceptors (Lipinski definition) is 6. The number of benzene rings is 16. The van der Waals surface area contributed by atoms with Gasteiger partial charge in [0.25, 0.3) is 0 Å². The molecular weight excluding hydrogens is 1170 g/mol. The van der Waals surface area contributed by atoms with Gasteiger partial charge < -0.3 is 10.6 Å². The molecule has 2 unspecified atom stereocenters. The molecule has 0 saturated carbocycles. The molecule has 6 nitrogen and oxygen atoms in total. The second kappa shape index (κ2) is 23.8. The van der Waals surface area contributed by atoms with Crippen molar-refractivity contribution in [3.63, 3.8) is 0 Å². The zero-order chi connectivity index (χ0) is 63.5. The van der Waals surface area contributed by atoms with Crippen LogP contribution in [-0.4, -0.2) is 23.3 Å². The topological polar surface area (TPSA) is 73.5 Å². The lowest BCUT2D eigenvalue weighted by atomic mass is 9.90. The Morgan fingerprint density at radius 2 is 0.438 bits per heavy atom. The molecule has 2 aliphatic rings.